The number of aromatic nitrogens is 2. The highest BCUT2D eigenvalue weighted by atomic mass is 35.5. The summed E-state index contributed by atoms with van der Waals surface area (Å²) < 4.78 is 1.98. The molecule has 0 bridgehead atoms. The summed E-state index contributed by atoms with van der Waals surface area (Å²) in [7, 11) is 1.98. The maximum Gasteiger partial charge on any atom is 0.0834 e. The van der Waals surface area contributed by atoms with Gasteiger partial charge in [0.15, 0.2) is 0 Å². The lowest BCUT2D eigenvalue weighted by molar-refractivity contribution is 0.476. The number of nitrogens with zero attached hydrogens (tertiary/aromatic N) is 2. The van der Waals surface area contributed by atoms with Crippen LogP contribution < -0.4 is 5.32 Å². The predicted molar refractivity (Wildman–Crippen MR) is 84.1 cm³/mol. The van der Waals surface area contributed by atoms with E-state index in [4.69, 9.17) is 11.6 Å². The Morgan fingerprint density at radius 3 is 2.70 bits per heavy atom. The van der Waals surface area contributed by atoms with Gasteiger partial charge >= 0.3 is 0 Å². The van der Waals surface area contributed by atoms with Gasteiger partial charge in [0.25, 0.3) is 0 Å². The van der Waals surface area contributed by atoms with Gasteiger partial charge in [-0.15, -0.1) is 0 Å². The molecule has 1 aromatic heterocycles. The summed E-state index contributed by atoms with van der Waals surface area (Å²) in [6.07, 6.45) is 5.01. The maximum absolute atomic E-state index is 6.27. The van der Waals surface area contributed by atoms with Crippen molar-refractivity contribution >= 4 is 11.6 Å². The minimum atomic E-state index is 0.258. The summed E-state index contributed by atoms with van der Waals surface area (Å²) >= 11 is 6.27. The van der Waals surface area contributed by atoms with Crippen LogP contribution >= 0.6 is 11.6 Å². The molecule has 0 fully saturated rings. The summed E-state index contributed by atoms with van der Waals surface area (Å²) in [5.41, 5.74) is 2.49. The molecule has 0 amide bonds. The van der Waals surface area contributed by atoms with Crippen LogP contribution in [-0.2, 0) is 13.0 Å². The molecule has 0 aliphatic heterocycles. The van der Waals surface area contributed by atoms with Gasteiger partial charge in [0.2, 0.25) is 0 Å². The number of hydrogen-bond acceptors (Lipinski definition) is 2. The average molecular weight is 292 g/mol. The number of aryl methyl sites for hydroxylation is 2. The zero-order valence-corrected chi connectivity index (χ0v) is 12.9. The molecule has 20 heavy (non-hydrogen) atoms. The molecule has 2 aromatic rings. The number of halogens is 1. The third-order valence-electron chi connectivity index (χ3n) is 3.61. The van der Waals surface area contributed by atoms with Crippen LogP contribution in [-0.4, -0.2) is 16.8 Å². The van der Waals surface area contributed by atoms with Crippen molar-refractivity contribution in [3.8, 4) is 0 Å². The standard InChI is InChI=1S/C16H22ClN3/c1-3-20-16(14(17)12-19-20)15(18-2)11-7-10-13-8-5-4-6-9-13/h4-6,8-9,12,15,18H,3,7,10-11H2,1-2H3. The van der Waals surface area contributed by atoms with Crippen molar-refractivity contribution in [1.29, 1.82) is 0 Å². The highest BCUT2D eigenvalue weighted by Crippen LogP contribution is 2.26. The van der Waals surface area contributed by atoms with E-state index in [-0.39, 0.29) is 6.04 Å². The zero-order chi connectivity index (χ0) is 14.4. The van der Waals surface area contributed by atoms with Crippen LogP contribution in [0, 0.1) is 0 Å². The van der Waals surface area contributed by atoms with Gasteiger partial charge in [0, 0.05) is 6.54 Å². The van der Waals surface area contributed by atoms with Crippen molar-refractivity contribution in [2.75, 3.05) is 7.05 Å². The van der Waals surface area contributed by atoms with E-state index in [2.05, 4.69) is 47.7 Å². The SMILES string of the molecule is CCn1ncc(Cl)c1C(CCCc1ccccc1)NC. The maximum atomic E-state index is 6.27. The quantitative estimate of drug-likeness (QED) is 0.840. The van der Waals surface area contributed by atoms with Crippen molar-refractivity contribution in [3.05, 3.63) is 52.8 Å². The first-order valence-corrected chi connectivity index (χ1v) is 7.56. The fourth-order valence-electron chi connectivity index (χ4n) is 2.54. The molecule has 0 saturated heterocycles. The Morgan fingerprint density at radius 1 is 1.30 bits per heavy atom. The molecular formula is C16H22ClN3. The summed E-state index contributed by atoms with van der Waals surface area (Å²) in [5.74, 6) is 0. The molecule has 1 unspecified atom stereocenters. The molecule has 0 aliphatic rings. The second kappa shape index (κ2) is 7.46. The third kappa shape index (κ3) is 3.62. The molecule has 0 radical (unpaired) electrons. The Labute approximate surface area is 126 Å². The van der Waals surface area contributed by atoms with Gasteiger partial charge < -0.3 is 5.32 Å². The molecular weight excluding hydrogens is 270 g/mol. The first-order chi connectivity index (χ1) is 9.76. The molecule has 1 N–H and O–H groups in total. The summed E-state index contributed by atoms with van der Waals surface area (Å²) in [4.78, 5) is 0. The fraction of sp³-hybridized carbons (Fsp3) is 0.438. The molecule has 1 heterocycles. The second-order valence-electron chi connectivity index (χ2n) is 4.91. The Balaban J connectivity index is 1.97. The minimum Gasteiger partial charge on any atom is -0.312 e. The van der Waals surface area contributed by atoms with E-state index in [1.807, 2.05) is 11.7 Å². The highest BCUT2D eigenvalue weighted by molar-refractivity contribution is 6.31. The molecule has 0 saturated carbocycles. The first kappa shape index (κ1) is 15.1. The van der Waals surface area contributed by atoms with Crippen molar-refractivity contribution < 1.29 is 0 Å². The number of hydrogen-bond donors (Lipinski definition) is 1. The number of benzene rings is 1. The Kier molecular flexibility index (Phi) is 5.62. The van der Waals surface area contributed by atoms with E-state index in [9.17, 15) is 0 Å². The second-order valence-corrected chi connectivity index (χ2v) is 5.32. The van der Waals surface area contributed by atoms with Crippen LogP contribution in [0.15, 0.2) is 36.5 Å². The Morgan fingerprint density at radius 2 is 2.05 bits per heavy atom. The van der Waals surface area contributed by atoms with Gasteiger partial charge in [0.1, 0.15) is 0 Å². The van der Waals surface area contributed by atoms with Crippen molar-refractivity contribution in [2.45, 2.75) is 38.8 Å². The van der Waals surface area contributed by atoms with Gasteiger partial charge in [-0.05, 0) is 38.8 Å². The van der Waals surface area contributed by atoms with Crippen LogP contribution in [0.5, 0.6) is 0 Å². The zero-order valence-electron chi connectivity index (χ0n) is 12.1. The molecule has 0 spiro atoms. The fourth-order valence-corrected chi connectivity index (χ4v) is 2.82. The van der Waals surface area contributed by atoms with Crippen molar-refractivity contribution in [1.82, 2.24) is 15.1 Å². The van der Waals surface area contributed by atoms with Gasteiger partial charge in [-0.25, -0.2) is 0 Å². The molecule has 2 rings (SSSR count). The summed E-state index contributed by atoms with van der Waals surface area (Å²) in [6, 6.07) is 10.9. The average Bonchev–Trinajstić information content (AvgIpc) is 2.86. The normalized spacial score (nSPS) is 12.6. The molecule has 4 heteroatoms. The van der Waals surface area contributed by atoms with Gasteiger partial charge in [-0.2, -0.15) is 5.10 Å². The lowest BCUT2D eigenvalue weighted by Gasteiger charge is -2.18. The monoisotopic (exact) mass is 291 g/mol. The number of rotatable bonds is 7. The van der Waals surface area contributed by atoms with Crippen molar-refractivity contribution in [2.24, 2.45) is 0 Å². The lowest BCUT2D eigenvalue weighted by atomic mass is 10.0. The van der Waals surface area contributed by atoms with Crippen molar-refractivity contribution in [3.63, 3.8) is 0 Å². The van der Waals surface area contributed by atoms with Crippen LogP contribution in [0.3, 0.4) is 0 Å². The van der Waals surface area contributed by atoms with Crippen LogP contribution in [0.1, 0.15) is 37.1 Å². The van der Waals surface area contributed by atoms with E-state index < -0.39 is 0 Å². The first-order valence-electron chi connectivity index (χ1n) is 7.18. The predicted octanol–water partition coefficient (Wildman–Crippen LogP) is 3.84. The van der Waals surface area contributed by atoms with Crippen LogP contribution in [0.2, 0.25) is 5.02 Å². The van der Waals surface area contributed by atoms with E-state index in [0.717, 1.165) is 36.5 Å². The topological polar surface area (TPSA) is 29.9 Å². The summed E-state index contributed by atoms with van der Waals surface area (Å²) in [5, 5.41) is 8.43. The van der Waals surface area contributed by atoms with E-state index in [0.29, 0.717) is 0 Å². The highest BCUT2D eigenvalue weighted by Gasteiger charge is 2.17. The van der Waals surface area contributed by atoms with Gasteiger partial charge in [-0.3, -0.25) is 4.68 Å². The molecule has 3 nitrogen and oxygen atoms in total. The molecule has 1 aromatic carbocycles. The van der Waals surface area contributed by atoms with Crippen LogP contribution in [0.25, 0.3) is 0 Å². The van der Waals surface area contributed by atoms with Gasteiger partial charge in [-0.1, -0.05) is 41.9 Å². The summed E-state index contributed by atoms with van der Waals surface area (Å²) in [6.45, 7) is 2.93. The molecule has 108 valence electrons. The largest absolute Gasteiger partial charge is 0.312 e. The Hall–Kier alpha value is -1.32. The van der Waals surface area contributed by atoms with E-state index in [1.165, 1.54) is 5.56 Å². The molecule has 1 atom stereocenters. The minimum absolute atomic E-state index is 0.258. The Bertz CT molecular complexity index is 522. The lowest BCUT2D eigenvalue weighted by Crippen LogP contribution is -2.20. The van der Waals surface area contributed by atoms with Crippen LogP contribution in [0.4, 0.5) is 0 Å². The molecule has 0 aliphatic carbocycles. The third-order valence-corrected chi connectivity index (χ3v) is 3.90. The number of nitrogens with one attached hydrogen (secondary N) is 1. The van der Waals surface area contributed by atoms with E-state index >= 15 is 0 Å². The van der Waals surface area contributed by atoms with Gasteiger partial charge in [0.05, 0.1) is 23.0 Å². The smallest absolute Gasteiger partial charge is 0.0834 e. The van der Waals surface area contributed by atoms with E-state index in [1.54, 1.807) is 6.20 Å².